The fraction of sp³-hybridized carbons (Fsp3) is 0.400. The molecular formula is C10H9BrF3NO2S. The van der Waals surface area contributed by atoms with Crippen molar-refractivity contribution in [2.24, 2.45) is 0 Å². The highest BCUT2D eigenvalue weighted by molar-refractivity contribution is 9.10. The zero-order valence-corrected chi connectivity index (χ0v) is 11.4. The van der Waals surface area contributed by atoms with Gasteiger partial charge < -0.3 is 0 Å². The summed E-state index contributed by atoms with van der Waals surface area (Å²) in [5, 5.41) is 0. The van der Waals surface area contributed by atoms with E-state index in [4.69, 9.17) is 0 Å². The molecular weight excluding hydrogens is 335 g/mol. The summed E-state index contributed by atoms with van der Waals surface area (Å²) < 4.78 is 64.1. The first-order valence-electron chi connectivity index (χ1n) is 5.05. The molecule has 0 aromatic heterocycles. The van der Waals surface area contributed by atoms with Crippen molar-refractivity contribution in [1.82, 2.24) is 4.31 Å². The molecule has 1 aliphatic rings. The van der Waals surface area contributed by atoms with Crippen LogP contribution in [0.5, 0.6) is 0 Å². The van der Waals surface area contributed by atoms with Crippen molar-refractivity contribution in [1.29, 1.82) is 0 Å². The lowest BCUT2D eigenvalue weighted by molar-refractivity contribution is 0.0183. The zero-order chi connectivity index (χ0) is 13.6. The molecule has 0 radical (unpaired) electrons. The third-order valence-corrected chi connectivity index (χ3v) is 5.15. The lowest BCUT2D eigenvalue weighted by Crippen LogP contribution is -2.31. The summed E-state index contributed by atoms with van der Waals surface area (Å²) in [6.45, 7) is -1.11. The lowest BCUT2D eigenvalue weighted by Gasteiger charge is -2.16. The Balaban J connectivity index is 2.34. The number of nitrogens with zero attached hydrogens (tertiary/aromatic N) is 1. The SMILES string of the molecule is O=S(=O)(c1ccc(Br)c(F)c1)N1CCC(F)(F)C1. The maximum absolute atomic E-state index is 13.3. The number of benzene rings is 1. The smallest absolute Gasteiger partial charge is 0.207 e. The minimum atomic E-state index is -4.06. The Kier molecular flexibility index (Phi) is 3.46. The Morgan fingerprint density at radius 3 is 2.50 bits per heavy atom. The van der Waals surface area contributed by atoms with Gasteiger partial charge in [0.15, 0.2) is 0 Å². The van der Waals surface area contributed by atoms with Crippen molar-refractivity contribution >= 4 is 26.0 Å². The van der Waals surface area contributed by atoms with Crippen LogP contribution < -0.4 is 0 Å². The molecule has 1 aliphatic heterocycles. The van der Waals surface area contributed by atoms with E-state index >= 15 is 0 Å². The monoisotopic (exact) mass is 343 g/mol. The van der Waals surface area contributed by atoms with Gasteiger partial charge in [-0.2, -0.15) is 4.31 Å². The molecule has 1 fully saturated rings. The molecule has 0 unspecified atom stereocenters. The predicted molar refractivity (Wildman–Crippen MR) is 62.4 cm³/mol. The zero-order valence-electron chi connectivity index (χ0n) is 9.04. The van der Waals surface area contributed by atoms with Crippen LogP contribution in [0.3, 0.4) is 0 Å². The molecule has 0 saturated carbocycles. The molecule has 0 aliphatic carbocycles. The number of alkyl halides is 2. The summed E-state index contributed by atoms with van der Waals surface area (Å²) in [4.78, 5) is -0.319. The first kappa shape index (κ1) is 13.8. The highest BCUT2D eigenvalue weighted by Gasteiger charge is 2.43. The standard InChI is InChI=1S/C10H9BrF3NO2S/c11-8-2-1-7(5-9(8)12)18(16,17)15-4-3-10(13,14)6-15/h1-2,5H,3-4,6H2. The second kappa shape index (κ2) is 4.50. The lowest BCUT2D eigenvalue weighted by atomic mass is 10.3. The number of sulfonamides is 1. The van der Waals surface area contributed by atoms with E-state index in [1.807, 2.05) is 0 Å². The molecule has 1 heterocycles. The molecule has 0 spiro atoms. The quantitative estimate of drug-likeness (QED) is 0.827. The number of hydrogen-bond donors (Lipinski definition) is 0. The maximum Gasteiger partial charge on any atom is 0.262 e. The van der Waals surface area contributed by atoms with E-state index in [-0.39, 0.29) is 15.9 Å². The number of hydrogen-bond acceptors (Lipinski definition) is 2. The second-order valence-electron chi connectivity index (χ2n) is 4.02. The van der Waals surface area contributed by atoms with Crippen LogP contribution in [0.2, 0.25) is 0 Å². The minimum absolute atomic E-state index is 0.119. The van der Waals surface area contributed by atoms with E-state index < -0.39 is 34.7 Å². The Labute approximate surface area is 111 Å². The van der Waals surface area contributed by atoms with Crippen molar-refractivity contribution in [3.05, 3.63) is 28.5 Å². The topological polar surface area (TPSA) is 37.4 Å². The van der Waals surface area contributed by atoms with Gasteiger partial charge in [0.2, 0.25) is 10.0 Å². The van der Waals surface area contributed by atoms with E-state index in [9.17, 15) is 21.6 Å². The summed E-state index contributed by atoms with van der Waals surface area (Å²) in [5.41, 5.74) is 0. The Morgan fingerprint density at radius 1 is 1.33 bits per heavy atom. The van der Waals surface area contributed by atoms with E-state index in [0.29, 0.717) is 4.31 Å². The van der Waals surface area contributed by atoms with Crippen molar-refractivity contribution in [3.63, 3.8) is 0 Å². The summed E-state index contributed by atoms with van der Waals surface area (Å²) in [6, 6.07) is 3.23. The average Bonchev–Trinajstić information content (AvgIpc) is 2.63. The van der Waals surface area contributed by atoms with Gasteiger partial charge in [-0.05, 0) is 34.1 Å². The number of halogens is 4. The first-order chi connectivity index (χ1) is 8.22. The van der Waals surface area contributed by atoms with Crippen molar-refractivity contribution in [3.8, 4) is 0 Å². The van der Waals surface area contributed by atoms with Crippen molar-refractivity contribution in [2.75, 3.05) is 13.1 Å². The van der Waals surface area contributed by atoms with Crippen LogP contribution in [0.1, 0.15) is 6.42 Å². The molecule has 0 atom stereocenters. The third-order valence-electron chi connectivity index (χ3n) is 2.66. The van der Waals surface area contributed by atoms with E-state index in [2.05, 4.69) is 15.9 Å². The molecule has 0 N–H and O–H groups in total. The van der Waals surface area contributed by atoms with Crippen LogP contribution in [0, 0.1) is 5.82 Å². The molecule has 18 heavy (non-hydrogen) atoms. The Bertz CT molecular complexity index is 576. The molecule has 8 heteroatoms. The van der Waals surface area contributed by atoms with Crippen LogP contribution in [-0.2, 0) is 10.0 Å². The van der Waals surface area contributed by atoms with Crippen LogP contribution in [-0.4, -0.2) is 31.7 Å². The third kappa shape index (κ3) is 2.55. The molecule has 3 nitrogen and oxygen atoms in total. The van der Waals surface area contributed by atoms with Crippen LogP contribution >= 0.6 is 15.9 Å². The Hall–Kier alpha value is -0.600. The minimum Gasteiger partial charge on any atom is -0.207 e. The fourth-order valence-electron chi connectivity index (χ4n) is 1.70. The normalized spacial score (nSPS) is 20.2. The van der Waals surface area contributed by atoms with Gasteiger partial charge in [-0.15, -0.1) is 0 Å². The Morgan fingerprint density at radius 2 is 2.00 bits per heavy atom. The van der Waals surface area contributed by atoms with Gasteiger partial charge in [-0.3, -0.25) is 0 Å². The largest absolute Gasteiger partial charge is 0.262 e. The highest BCUT2D eigenvalue weighted by atomic mass is 79.9. The molecule has 0 amide bonds. The van der Waals surface area contributed by atoms with Crippen LogP contribution in [0.15, 0.2) is 27.6 Å². The average molecular weight is 344 g/mol. The van der Waals surface area contributed by atoms with Crippen molar-refractivity contribution in [2.45, 2.75) is 17.2 Å². The molecule has 1 aromatic carbocycles. The van der Waals surface area contributed by atoms with Gasteiger partial charge in [-0.1, -0.05) is 0 Å². The van der Waals surface area contributed by atoms with E-state index in [1.54, 1.807) is 0 Å². The van der Waals surface area contributed by atoms with Gasteiger partial charge in [-0.25, -0.2) is 21.6 Å². The molecule has 0 bridgehead atoms. The summed E-state index contributed by atoms with van der Waals surface area (Å²) in [6.07, 6.45) is -0.509. The fourth-order valence-corrected chi connectivity index (χ4v) is 3.42. The highest BCUT2D eigenvalue weighted by Crippen LogP contribution is 2.31. The molecule has 2 rings (SSSR count). The summed E-state index contributed by atoms with van der Waals surface area (Å²) in [5.74, 6) is -3.76. The van der Waals surface area contributed by atoms with Crippen molar-refractivity contribution < 1.29 is 21.6 Å². The van der Waals surface area contributed by atoms with Gasteiger partial charge in [0.25, 0.3) is 5.92 Å². The van der Waals surface area contributed by atoms with Gasteiger partial charge in [0.1, 0.15) is 5.82 Å². The molecule has 100 valence electrons. The summed E-state index contributed by atoms with van der Waals surface area (Å²) >= 11 is 2.89. The summed E-state index contributed by atoms with van der Waals surface area (Å²) in [7, 11) is -4.06. The second-order valence-corrected chi connectivity index (χ2v) is 6.81. The number of rotatable bonds is 2. The van der Waals surface area contributed by atoms with Gasteiger partial charge in [0, 0.05) is 13.0 Å². The van der Waals surface area contributed by atoms with Gasteiger partial charge >= 0.3 is 0 Å². The predicted octanol–water partition coefficient (Wildman–Crippen LogP) is 2.62. The van der Waals surface area contributed by atoms with E-state index in [0.717, 1.165) is 6.07 Å². The molecule has 1 aromatic rings. The van der Waals surface area contributed by atoms with Crippen LogP contribution in [0.4, 0.5) is 13.2 Å². The maximum atomic E-state index is 13.3. The van der Waals surface area contributed by atoms with E-state index in [1.165, 1.54) is 12.1 Å². The van der Waals surface area contributed by atoms with Crippen LogP contribution in [0.25, 0.3) is 0 Å². The molecule has 1 saturated heterocycles. The first-order valence-corrected chi connectivity index (χ1v) is 7.29. The van der Waals surface area contributed by atoms with Gasteiger partial charge in [0.05, 0.1) is 15.9 Å².